The third-order valence-electron chi connectivity index (χ3n) is 1.40. The molecule has 0 N–H and O–H groups in total. The molecule has 1 aliphatic heterocycles. The van der Waals surface area contributed by atoms with Gasteiger partial charge in [0.25, 0.3) is 0 Å². The van der Waals surface area contributed by atoms with Crippen molar-refractivity contribution in [2.75, 3.05) is 6.61 Å². The summed E-state index contributed by atoms with van der Waals surface area (Å²) in [6, 6.07) is 0. The highest BCUT2D eigenvalue weighted by atomic mass is 127. The van der Waals surface area contributed by atoms with Crippen LogP contribution in [0.2, 0.25) is 0 Å². The second kappa shape index (κ2) is 3.49. The highest BCUT2D eigenvalue weighted by Crippen LogP contribution is 2.24. The Kier molecular flexibility index (Phi) is 2.98. The van der Waals surface area contributed by atoms with Crippen LogP contribution < -0.4 is 0 Å². The van der Waals surface area contributed by atoms with Crippen LogP contribution in [0, 0.1) is 0 Å². The molecule has 0 aromatic carbocycles. The summed E-state index contributed by atoms with van der Waals surface area (Å²) in [4.78, 5) is 11.3. The minimum Gasteiger partial charge on any atom is -0.458 e. The molecule has 2 atom stereocenters. The van der Waals surface area contributed by atoms with Crippen molar-refractivity contribution in [1.29, 1.82) is 0 Å². The number of esters is 1. The summed E-state index contributed by atoms with van der Waals surface area (Å²) >= 11 is 2.20. The first-order valence-electron chi connectivity index (χ1n) is 3.89. The van der Waals surface area contributed by atoms with Crippen LogP contribution in [-0.2, 0) is 14.3 Å². The van der Waals surface area contributed by atoms with E-state index in [0.717, 1.165) is 0 Å². The molecule has 1 saturated heterocycles. The Balaban J connectivity index is 2.39. The predicted molar refractivity (Wildman–Crippen MR) is 53.4 cm³/mol. The Bertz CT molecular complexity index is 185. The number of rotatable bonds is 1. The minimum atomic E-state index is -0.410. The van der Waals surface area contributed by atoms with Crippen molar-refractivity contribution in [3.63, 3.8) is 0 Å². The Labute approximate surface area is 85.9 Å². The van der Waals surface area contributed by atoms with Crippen LogP contribution in [0.15, 0.2) is 0 Å². The van der Waals surface area contributed by atoms with Gasteiger partial charge in [-0.15, -0.1) is 0 Å². The van der Waals surface area contributed by atoms with Crippen molar-refractivity contribution in [3.8, 4) is 0 Å². The molecule has 1 rings (SSSR count). The molecule has 4 heteroatoms. The molecule has 70 valence electrons. The van der Waals surface area contributed by atoms with Gasteiger partial charge in [-0.25, -0.2) is 4.79 Å². The van der Waals surface area contributed by atoms with E-state index in [1.54, 1.807) is 0 Å². The van der Waals surface area contributed by atoms with E-state index in [1.807, 2.05) is 20.8 Å². The quantitative estimate of drug-likeness (QED) is 0.416. The van der Waals surface area contributed by atoms with Crippen LogP contribution in [0.5, 0.6) is 0 Å². The lowest BCUT2D eigenvalue weighted by Gasteiger charge is -2.33. The Morgan fingerprint density at radius 2 is 2.17 bits per heavy atom. The molecule has 12 heavy (non-hydrogen) atoms. The zero-order valence-electron chi connectivity index (χ0n) is 7.46. The van der Waals surface area contributed by atoms with Gasteiger partial charge in [-0.3, -0.25) is 0 Å². The number of hydrogen-bond acceptors (Lipinski definition) is 3. The SMILES string of the molecule is CC(C)(C)OC(=O)C1OCC1I. The maximum absolute atomic E-state index is 11.3. The molecule has 3 nitrogen and oxygen atoms in total. The van der Waals surface area contributed by atoms with E-state index in [-0.39, 0.29) is 16.0 Å². The first-order chi connectivity index (χ1) is 5.40. The van der Waals surface area contributed by atoms with E-state index in [4.69, 9.17) is 9.47 Å². The first-order valence-corrected chi connectivity index (χ1v) is 5.13. The fourth-order valence-electron chi connectivity index (χ4n) is 0.841. The van der Waals surface area contributed by atoms with Crippen molar-refractivity contribution < 1.29 is 14.3 Å². The van der Waals surface area contributed by atoms with Gasteiger partial charge in [0.05, 0.1) is 10.5 Å². The van der Waals surface area contributed by atoms with Crippen LogP contribution in [-0.4, -0.2) is 28.2 Å². The van der Waals surface area contributed by atoms with Gasteiger partial charge in [-0.05, 0) is 20.8 Å². The maximum Gasteiger partial charge on any atom is 0.336 e. The number of alkyl halides is 1. The van der Waals surface area contributed by atoms with Crippen LogP contribution in [0.25, 0.3) is 0 Å². The van der Waals surface area contributed by atoms with E-state index < -0.39 is 5.60 Å². The van der Waals surface area contributed by atoms with Gasteiger partial charge in [0.1, 0.15) is 5.60 Å². The van der Waals surface area contributed by atoms with Gasteiger partial charge in [0, 0.05) is 0 Å². The second-order valence-corrected chi connectivity index (χ2v) is 5.40. The molecule has 1 fully saturated rings. The molecule has 0 saturated carbocycles. The smallest absolute Gasteiger partial charge is 0.336 e. The van der Waals surface area contributed by atoms with Gasteiger partial charge in [-0.2, -0.15) is 0 Å². The molecule has 0 aromatic rings. The topological polar surface area (TPSA) is 35.5 Å². The Morgan fingerprint density at radius 3 is 2.42 bits per heavy atom. The summed E-state index contributed by atoms with van der Waals surface area (Å²) in [5, 5.41) is 0. The van der Waals surface area contributed by atoms with Crippen LogP contribution >= 0.6 is 22.6 Å². The largest absolute Gasteiger partial charge is 0.458 e. The number of carbonyl (C=O) groups excluding carboxylic acids is 1. The van der Waals surface area contributed by atoms with E-state index in [1.165, 1.54) is 0 Å². The maximum atomic E-state index is 11.3. The average molecular weight is 284 g/mol. The lowest BCUT2D eigenvalue weighted by Crippen LogP contribution is -2.48. The van der Waals surface area contributed by atoms with Crippen molar-refractivity contribution in [2.24, 2.45) is 0 Å². The number of ether oxygens (including phenoxy) is 2. The molecule has 0 amide bonds. The fraction of sp³-hybridized carbons (Fsp3) is 0.875. The first kappa shape index (κ1) is 10.2. The van der Waals surface area contributed by atoms with E-state index in [9.17, 15) is 4.79 Å². The molecular formula is C8H13IO3. The summed E-state index contributed by atoms with van der Waals surface area (Å²) in [5.41, 5.74) is -0.410. The average Bonchev–Trinajstić information content (AvgIpc) is 1.79. The van der Waals surface area contributed by atoms with Gasteiger partial charge >= 0.3 is 5.97 Å². The van der Waals surface area contributed by atoms with Crippen molar-refractivity contribution in [2.45, 2.75) is 36.4 Å². The zero-order valence-corrected chi connectivity index (χ0v) is 9.62. The number of carbonyl (C=O) groups is 1. The summed E-state index contributed by atoms with van der Waals surface area (Å²) in [6.45, 7) is 6.22. The summed E-state index contributed by atoms with van der Waals surface area (Å²) in [7, 11) is 0. The molecule has 0 aromatic heterocycles. The van der Waals surface area contributed by atoms with Gasteiger partial charge in [0.15, 0.2) is 6.10 Å². The third-order valence-corrected chi connectivity index (χ3v) is 2.42. The van der Waals surface area contributed by atoms with E-state index in [0.29, 0.717) is 6.61 Å². The van der Waals surface area contributed by atoms with Gasteiger partial charge < -0.3 is 9.47 Å². The lowest BCUT2D eigenvalue weighted by molar-refractivity contribution is -0.178. The van der Waals surface area contributed by atoms with Crippen LogP contribution in [0.3, 0.4) is 0 Å². The predicted octanol–water partition coefficient (Wildman–Crippen LogP) is 1.53. The molecule has 0 spiro atoms. The standard InChI is InChI=1S/C8H13IO3/c1-8(2,3)12-7(10)6-5(9)4-11-6/h5-6H,4H2,1-3H3. The van der Waals surface area contributed by atoms with Crippen LogP contribution in [0.1, 0.15) is 20.8 Å². The van der Waals surface area contributed by atoms with Crippen molar-refractivity contribution >= 4 is 28.6 Å². The van der Waals surface area contributed by atoms with Gasteiger partial charge in [-0.1, -0.05) is 22.6 Å². The fourth-order valence-corrected chi connectivity index (χ4v) is 1.55. The monoisotopic (exact) mass is 284 g/mol. The highest BCUT2D eigenvalue weighted by Gasteiger charge is 2.38. The van der Waals surface area contributed by atoms with Gasteiger partial charge in [0.2, 0.25) is 0 Å². The molecule has 0 aliphatic carbocycles. The minimum absolute atomic E-state index is 0.242. The summed E-state index contributed by atoms with van der Waals surface area (Å²) in [5.74, 6) is -0.242. The van der Waals surface area contributed by atoms with E-state index in [2.05, 4.69) is 22.6 Å². The summed E-state index contributed by atoms with van der Waals surface area (Å²) < 4.78 is 10.5. The molecular weight excluding hydrogens is 271 g/mol. The zero-order chi connectivity index (χ0) is 9.35. The highest BCUT2D eigenvalue weighted by molar-refractivity contribution is 14.1. The van der Waals surface area contributed by atoms with Crippen molar-refractivity contribution in [3.05, 3.63) is 0 Å². The Hall–Kier alpha value is 0.160. The lowest BCUT2D eigenvalue weighted by atomic mass is 10.1. The van der Waals surface area contributed by atoms with Crippen LogP contribution in [0.4, 0.5) is 0 Å². The second-order valence-electron chi connectivity index (χ2n) is 3.80. The molecule has 0 radical (unpaired) electrons. The number of hydrogen-bond donors (Lipinski definition) is 0. The molecule has 0 bridgehead atoms. The molecule has 1 aliphatic rings. The molecule has 1 heterocycles. The molecule has 2 unspecified atom stereocenters. The number of halogens is 1. The summed E-state index contributed by atoms with van der Waals surface area (Å²) in [6.07, 6.45) is -0.343. The van der Waals surface area contributed by atoms with E-state index >= 15 is 0 Å². The van der Waals surface area contributed by atoms with Crippen molar-refractivity contribution in [1.82, 2.24) is 0 Å². The third kappa shape index (κ3) is 2.58. The normalized spacial score (nSPS) is 29.3. The Morgan fingerprint density at radius 1 is 1.58 bits per heavy atom.